The van der Waals surface area contributed by atoms with Gasteiger partial charge in [-0.15, -0.1) is 0 Å². The molecule has 1 aliphatic rings. The predicted octanol–water partition coefficient (Wildman–Crippen LogP) is 3.80. The Morgan fingerprint density at radius 3 is 2.59 bits per heavy atom. The van der Waals surface area contributed by atoms with Crippen LogP contribution >= 0.6 is 15.9 Å². The SMILES string of the molecule is COc1cc(-n2cc3c(n2)CN(C(=O)OC(C)(C)C)C3)c(Br)cc1[N+](=O)[O-]. The molecular weight excluding hydrogens is 420 g/mol. The number of hydrogen-bond donors (Lipinski definition) is 0. The number of carbonyl (C=O) groups is 1. The van der Waals surface area contributed by atoms with Gasteiger partial charge in [0.25, 0.3) is 0 Å². The average Bonchev–Trinajstić information content (AvgIpc) is 3.11. The van der Waals surface area contributed by atoms with E-state index in [1.54, 1.807) is 21.8 Å². The highest BCUT2D eigenvalue weighted by molar-refractivity contribution is 9.10. The van der Waals surface area contributed by atoms with Gasteiger partial charge in [-0.25, -0.2) is 9.48 Å². The Balaban J connectivity index is 1.85. The largest absolute Gasteiger partial charge is 0.490 e. The maximum atomic E-state index is 12.2. The summed E-state index contributed by atoms with van der Waals surface area (Å²) >= 11 is 3.35. The van der Waals surface area contributed by atoms with Crippen LogP contribution in [-0.4, -0.2) is 38.4 Å². The maximum absolute atomic E-state index is 12.2. The summed E-state index contributed by atoms with van der Waals surface area (Å²) in [5.41, 5.74) is 1.56. The summed E-state index contributed by atoms with van der Waals surface area (Å²) < 4.78 is 12.6. The Labute approximate surface area is 164 Å². The molecule has 0 unspecified atom stereocenters. The maximum Gasteiger partial charge on any atom is 0.410 e. The number of carbonyl (C=O) groups excluding carboxylic acids is 1. The summed E-state index contributed by atoms with van der Waals surface area (Å²) in [6, 6.07) is 2.93. The normalized spacial score (nSPS) is 13.4. The van der Waals surface area contributed by atoms with Crippen molar-refractivity contribution in [2.45, 2.75) is 39.5 Å². The van der Waals surface area contributed by atoms with Crippen molar-refractivity contribution < 1.29 is 19.2 Å². The van der Waals surface area contributed by atoms with E-state index in [9.17, 15) is 14.9 Å². The van der Waals surface area contributed by atoms with Crippen molar-refractivity contribution in [1.29, 1.82) is 0 Å². The van der Waals surface area contributed by atoms with Crippen LogP contribution in [0, 0.1) is 10.1 Å². The molecule has 1 amide bonds. The molecule has 144 valence electrons. The Morgan fingerprint density at radius 2 is 2.04 bits per heavy atom. The molecule has 0 fully saturated rings. The molecule has 1 aromatic carbocycles. The van der Waals surface area contributed by atoms with Crippen LogP contribution in [0.5, 0.6) is 5.75 Å². The fourth-order valence-electron chi connectivity index (χ4n) is 2.75. The summed E-state index contributed by atoms with van der Waals surface area (Å²) in [5, 5.41) is 15.6. The third-order valence-electron chi connectivity index (χ3n) is 3.92. The predicted molar refractivity (Wildman–Crippen MR) is 100.0 cm³/mol. The summed E-state index contributed by atoms with van der Waals surface area (Å²) in [4.78, 5) is 24.4. The van der Waals surface area contributed by atoms with E-state index in [0.717, 1.165) is 11.3 Å². The minimum Gasteiger partial charge on any atom is -0.490 e. The third kappa shape index (κ3) is 3.90. The lowest BCUT2D eigenvalue weighted by Gasteiger charge is -2.24. The highest BCUT2D eigenvalue weighted by Crippen LogP contribution is 2.35. The summed E-state index contributed by atoms with van der Waals surface area (Å²) in [7, 11) is 1.38. The number of hydrogen-bond acceptors (Lipinski definition) is 6. The summed E-state index contributed by atoms with van der Waals surface area (Å²) in [6.07, 6.45) is 1.41. The molecule has 0 atom stereocenters. The van der Waals surface area contributed by atoms with E-state index >= 15 is 0 Å². The van der Waals surface area contributed by atoms with E-state index in [0.29, 0.717) is 23.2 Å². The van der Waals surface area contributed by atoms with Gasteiger partial charge in [0, 0.05) is 23.9 Å². The van der Waals surface area contributed by atoms with Crippen molar-refractivity contribution in [2.75, 3.05) is 7.11 Å². The molecule has 0 radical (unpaired) electrons. The molecule has 3 rings (SSSR count). The minimum atomic E-state index is -0.558. The summed E-state index contributed by atoms with van der Waals surface area (Å²) in [6.45, 7) is 6.20. The quantitative estimate of drug-likeness (QED) is 0.533. The highest BCUT2D eigenvalue weighted by atomic mass is 79.9. The molecule has 0 N–H and O–H groups in total. The monoisotopic (exact) mass is 438 g/mol. The van der Waals surface area contributed by atoms with Crippen LogP contribution in [0.2, 0.25) is 0 Å². The number of nitro groups is 1. The highest BCUT2D eigenvalue weighted by Gasteiger charge is 2.30. The Morgan fingerprint density at radius 1 is 1.33 bits per heavy atom. The first kappa shape index (κ1) is 19.2. The van der Waals surface area contributed by atoms with Gasteiger partial charge in [0.05, 0.1) is 41.0 Å². The molecule has 10 heteroatoms. The number of fused-ring (bicyclic) bond motifs is 1. The zero-order valence-electron chi connectivity index (χ0n) is 15.4. The van der Waals surface area contributed by atoms with Gasteiger partial charge in [-0.1, -0.05) is 0 Å². The molecule has 0 spiro atoms. The number of rotatable bonds is 3. The Bertz CT molecular complexity index is 895. The average molecular weight is 439 g/mol. The fraction of sp³-hybridized carbons (Fsp3) is 0.412. The van der Waals surface area contributed by atoms with Crippen LogP contribution in [0.4, 0.5) is 10.5 Å². The van der Waals surface area contributed by atoms with Crippen molar-refractivity contribution >= 4 is 27.7 Å². The van der Waals surface area contributed by atoms with Gasteiger partial charge in [-0.3, -0.25) is 15.0 Å². The second-order valence-electron chi connectivity index (χ2n) is 7.11. The molecule has 0 aliphatic carbocycles. The van der Waals surface area contributed by atoms with Gasteiger partial charge < -0.3 is 9.47 Å². The van der Waals surface area contributed by atoms with Crippen molar-refractivity contribution in [1.82, 2.24) is 14.7 Å². The smallest absolute Gasteiger partial charge is 0.410 e. The molecule has 2 heterocycles. The number of amides is 1. The van der Waals surface area contributed by atoms with Gasteiger partial charge in [-0.05, 0) is 36.7 Å². The first-order valence-electron chi connectivity index (χ1n) is 8.16. The number of methoxy groups -OCH3 is 1. The number of ether oxygens (including phenoxy) is 2. The van der Waals surface area contributed by atoms with Crippen LogP contribution in [0.3, 0.4) is 0 Å². The van der Waals surface area contributed by atoms with Gasteiger partial charge in [0.2, 0.25) is 0 Å². The Kier molecular flexibility index (Phi) is 4.85. The Hall–Kier alpha value is -2.62. The standard InChI is InChI=1S/C17H19BrN4O5/c1-17(2,3)27-16(23)20-7-10-8-21(19-12(10)9-20)13-6-15(26-4)14(22(24)25)5-11(13)18/h5-6,8H,7,9H2,1-4H3. The van der Waals surface area contributed by atoms with E-state index in [4.69, 9.17) is 9.47 Å². The van der Waals surface area contributed by atoms with Gasteiger partial charge in [0.1, 0.15) is 5.60 Å². The number of benzene rings is 1. The van der Waals surface area contributed by atoms with Crippen molar-refractivity contribution in [3.8, 4) is 11.4 Å². The molecule has 27 heavy (non-hydrogen) atoms. The molecule has 0 bridgehead atoms. The lowest BCUT2D eigenvalue weighted by Crippen LogP contribution is -2.33. The first-order chi connectivity index (χ1) is 12.6. The number of halogens is 1. The number of nitro benzene ring substituents is 1. The zero-order chi connectivity index (χ0) is 19.9. The van der Waals surface area contributed by atoms with Gasteiger partial charge in [0.15, 0.2) is 5.75 Å². The topological polar surface area (TPSA) is 99.7 Å². The minimum absolute atomic E-state index is 0.135. The molecule has 9 nitrogen and oxygen atoms in total. The second kappa shape index (κ2) is 6.84. The van der Waals surface area contributed by atoms with Crippen LogP contribution in [0.15, 0.2) is 22.8 Å². The summed E-state index contributed by atoms with van der Waals surface area (Å²) in [5.74, 6) is 0.143. The van der Waals surface area contributed by atoms with Crippen LogP contribution in [0.25, 0.3) is 5.69 Å². The molecule has 2 aromatic rings. The van der Waals surface area contributed by atoms with E-state index < -0.39 is 10.5 Å². The van der Waals surface area contributed by atoms with Crippen molar-refractivity contribution in [3.63, 3.8) is 0 Å². The van der Waals surface area contributed by atoms with Crippen LogP contribution in [0.1, 0.15) is 32.0 Å². The molecule has 1 aliphatic heterocycles. The van der Waals surface area contributed by atoms with Crippen LogP contribution < -0.4 is 4.74 Å². The number of aromatic nitrogens is 2. The first-order valence-corrected chi connectivity index (χ1v) is 8.96. The van der Waals surface area contributed by atoms with Crippen LogP contribution in [-0.2, 0) is 17.8 Å². The lowest BCUT2D eigenvalue weighted by molar-refractivity contribution is -0.385. The van der Waals surface area contributed by atoms with Gasteiger partial charge in [-0.2, -0.15) is 5.10 Å². The zero-order valence-corrected chi connectivity index (χ0v) is 16.9. The van der Waals surface area contributed by atoms with Gasteiger partial charge >= 0.3 is 11.8 Å². The van der Waals surface area contributed by atoms with Crippen molar-refractivity contribution in [2.24, 2.45) is 0 Å². The van der Waals surface area contributed by atoms with E-state index in [-0.39, 0.29) is 17.5 Å². The lowest BCUT2D eigenvalue weighted by atomic mass is 10.2. The third-order valence-corrected chi connectivity index (χ3v) is 4.56. The van der Waals surface area contributed by atoms with Crippen molar-refractivity contribution in [3.05, 3.63) is 44.2 Å². The molecule has 1 aromatic heterocycles. The second-order valence-corrected chi connectivity index (χ2v) is 7.97. The molecule has 0 saturated heterocycles. The van der Waals surface area contributed by atoms with E-state index in [2.05, 4.69) is 21.0 Å². The molecular formula is C17H19BrN4O5. The van der Waals surface area contributed by atoms with E-state index in [1.807, 2.05) is 20.8 Å². The van der Waals surface area contributed by atoms with E-state index in [1.165, 1.54) is 13.2 Å². The fourth-order valence-corrected chi connectivity index (χ4v) is 3.26. The number of nitrogens with zero attached hydrogens (tertiary/aromatic N) is 4. The molecule has 0 saturated carbocycles.